The van der Waals surface area contributed by atoms with Crippen molar-refractivity contribution in [1.29, 1.82) is 0 Å². The maximum atomic E-state index is 12.1. The van der Waals surface area contributed by atoms with Crippen LogP contribution in [-0.2, 0) is 9.53 Å². The minimum absolute atomic E-state index is 0.0858. The summed E-state index contributed by atoms with van der Waals surface area (Å²) in [7, 11) is 1.62. The van der Waals surface area contributed by atoms with Crippen molar-refractivity contribution in [3.05, 3.63) is 11.4 Å². The highest BCUT2D eigenvalue weighted by atomic mass is 16.5. The van der Waals surface area contributed by atoms with E-state index in [2.05, 4.69) is 15.3 Å². The molecule has 7 heteroatoms. The van der Waals surface area contributed by atoms with Gasteiger partial charge in [-0.25, -0.2) is 9.97 Å². The van der Waals surface area contributed by atoms with Crippen molar-refractivity contribution in [3.63, 3.8) is 0 Å². The van der Waals surface area contributed by atoms with Crippen LogP contribution in [0.4, 0.5) is 11.6 Å². The van der Waals surface area contributed by atoms with E-state index in [9.17, 15) is 4.79 Å². The summed E-state index contributed by atoms with van der Waals surface area (Å²) in [5, 5.41) is 2.67. The maximum absolute atomic E-state index is 12.1. The van der Waals surface area contributed by atoms with Crippen molar-refractivity contribution in [2.75, 3.05) is 37.4 Å². The first-order valence-electron chi connectivity index (χ1n) is 7.15. The molecule has 1 aliphatic rings. The molecule has 0 aliphatic carbocycles. The Morgan fingerprint density at radius 2 is 2.19 bits per heavy atom. The lowest BCUT2D eigenvalue weighted by atomic mass is 10.1. The number of carbonyl (C=O) groups excluding carboxylic acids is 1. The van der Waals surface area contributed by atoms with Crippen molar-refractivity contribution < 1.29 is 9.53 Å². The van der Waals surface area contributed by atoms with E-state index in [0.29, 0.717) is 31.4 Å². The lowest BCUT2D eigenvalue weighted by molar-refractivity contribution is -0.124. The molecule has 0 radical (unpaired) electrons. The number of anilines is 2. The smallest absolute Gasteiger partial charge is 0.244 e. The second-order valence-corrected chi connectivity index (χ2v) is 5.47. The van der Waals surface area contributed by atoms with Crippen LogP contribution in [0.1, 0.15) is 31.2 Å². The van der Waals surface area contributed by atoms with Crippen LogP contribution in [0.5, 0.6) is 0 Å². The number of amides is 1. The Morgan fingerprint density at radius 3 is 2.81 bits per heavy atom. The number of carbonyl (C=O) groups is 1. The molecule has 0 bridgehead atoms. The van der Waals surface area contributed by atoms with E-state index < -0.39 is 6.04 Å². The van der Waals surface area contributed by atoms with Gasteiger partial charge >= 0.3 is 0 Å². The quantitative estimate of drug-likeness (QED) is 0.840. The first-order valence-corrected chi connectivity index (χ1v) is 7.15. The molecule has 1 atom stereocenters. The van der Waals surface area contributed by atoms with E-state index in [1.54, 1.807) is 7.05 Å². The lowest BCUT2D eigenvalue weighted by Crippen LogP contribution is -2.54. The first kappa shape index (κ1) is 15.5. The van der Waals surface area contributed by atoms with Crippen LogP contribution in [0.15, 0.2) is 0 Å². The minimum atomic E-state index is -0.392. The monoisotopic (exact) mass is 293 g/mol. The summed E-state index contributed by atoms with van der Waals surface area (Å²) in [6, 6.07) is -0.392. The Labute approximate surface area is 124 Å². The molecule has 2 heterocycles. The molecule has 3 N–H and O–H groups in total. The molecule has 1 aromatic heterocycles. The van der Waals surface area contributed by atoms with Crippen LogP contribution in [-0.4, -0.2) is 48.7 Å². The van der Waals surface area contributed by atoms with Crippen molar-refractivity contribution in [2.45, 2.75) is 32.7 Å². The molecule has 1 amide bonds. The van der Waals surface area contributed by atoms with Crippen molar-refractivity contribution in [2.24, 2.45) is 0 Å². The van der Waals surface area contributed by atoms with Gasteiger partial charge in [0.05, 0.1) is 13.2 Å². The number of ether oxygens (including phenoxy) is 1. The van der Waals surface area contributed by atoms with Crippen LogP contribution < -0.4 is 16.0 Å². The van der Waals surface area contributed by atoms with Gasteiger partial charge in [-0.1, -0.05) is 13.8 Å². The molecular formula is C14H23N5O2. The summed E-state index contributed by atoms with van der Waals surface area (Å²) in [6.45, 7) is 7.43. The van der Waals surface area contributed by atoms with E-state index in [4.69, 9.17) is 10.5 Å². The fourth-order valence-corrected chi connectivity index (χ4v) is 2.32. The van der Waals surface area contributed by atoms with Crippen molar-refractivity contribution in [1.82, 2.24) is 15.3 Å². The van der Waals surface area contributed by atoms with Gasteiger partial charge in [0, 0.05) is 25.1 Å². The molecule has 1 aliphatic heterocycles. The van der Waals surface area contributed by atoms with E-state index in [1.165, 1.54) is 0 Å². The number of nitrogens with zero attached hydrogens (tertiary/aromatic N) is 3. The summed E-state index contributed by atoms with van der Waals surface area (Å²) >= 11 is 0. The average Bonchev–Trinajstić information content (AvgIpc) is 2.49. The third kappa shape index (κ3) is 3.07. The van der Waals surface area contributed by atoms with Crippen LogP contribution in [0.25, 0.3) is 0 Å². The van der Waals surface area contributed by atoms with Crippen LogP contribution in [0.3, 0.4) is 0 Å². The van der Waals surface area contributed by atoms with Gasteiger partial charge < -0.3 is 20.7 Å². The Hall–Kier alpha value is -1.89. The predicted octanol–water partition coefficient (Wildman–Crippen LogP) is 0.442. The molecule has 7 nitrogen and oxygen atoms in total. The van der Waals surface area contributed by atoms with Gasteiger partial charge in [0.15, 0.2) is 0 Å². The van der Waals surface area contributed by atoms with Gasteiger partial charge in [-0.2, -0.15) is 0 Å². The van der Waals surface area contributed by atoms with E-state index >= 15 is 0 Å². The fraction of sp³-hybridized carbons (Fsp3) is 0.643. The lowest BCUT2D eigenvalue weighted by Gasteiger charge is -2.36. The average molecular weight is 293 g/mol. The van der Waals surface area contributed by atoms with Gasteiger partial charge in [0.25, 0.3) is 0 Å². The number of rotatable bonds is 3. The molecule has 116 valence electrons. The zero-order valence-corrected chi connectivity index (χ0v) is 13.0. The summed E-state index contributed by atoms with van der Waals surface area (Å²) < 4.78 is 5.43. The molecule has 0 spiro atoms. The fourth-order valence-electron chi connectivity index (χ4n) is 2.32. The predicted molar refractivity (Wildman–Crippen MR) is 81.3 cm³/mol. The number of hydrogen-bond acceptors (Lipinski definition) is 6. The number of morpholine rings is 1. The van der Waals surface area contributed by atoms with Crippen molar-refractivity contribution in [3.8, 4) is 0 Å². The first-order chi connectivity index (χ1) is 9.95. The molecular weight excluding hydrogens is 270 g/mol. The maximum Gasteiger partial charge on any atom is 0.244 e. The summed E-state index contributed by atoms with van der Waals surface area (Å²) in [6.07, 6.45) is 0. The number of hydrogen-bond donors (Lipinski definition) is 2. The van der Waals surface area contributed by atoms with Gasteiger partial charge in [0.2, 0.25) is 5.91 Å². The van der Waals surface area contributed by atoms with Gasteiger partial charge in [-0.05, 0) is 6.92 Å². The Kier molecular flexibility index (Phi) is 4.62. The minimum Gasteiger partial charge on any atom is -0.383 e. The number of nitrogens with one attached hydrogen (secondary N) is 1. The van der Waals surface area contributed by atoms with E-state index in [-0.39, 0.29) is 11.8 Å². The number of nitrogen functional groups attached to an aromatic ring is 1. The Bertz CT molecular complexity index is 532. The topological polar surface area (TPSA) is 93.4 Å². The third-order valence-corrected chi connectivity index (χ3v) is 3.64. The van der Waals surface area contributed by atoms with Crippen molar-refractivity contribution >= 4 is 17.5 Å². The Morgan fingerprint density at radius 1 is 1.48 bits per heavy atom. The molecule has 1 saturated heterocycles. The van der Waals surface area contributed by atoms with Crippen LogP contribution in [0.2, 0.25) is 0 Å². The molecule has 1 fully saturated rings. The largest absolute Gasteiger partial charge is 0.383 e. The molecule has 0 saturated carbocycles. The highest BCUT2D eigenvalue weighted by molar-refractivity contribution is 5.85. The van der Waals surface area contributed by atoms with E-state index in [0.717, 1.165) is 11.4 Å². The van der Waals surface area contributed by atoms with Gasteiger partial charge in [-0.15, -0.1) is 0 Å². The standard InChI is InChI=1S/C14H23N5O2/c1-8(2)12-17-11(15)9(3)13(18-12)19-5-6-21-7-10(19)14(20)16-4/h8,10H,5-7H2,1-4H3,(H,16,20)(H2,15,17,18). The second-order valence-electron chi connectivity index (χ2n) is 5.47. The number of nitrogens with two attached hydrogens (primary N) is 1. The molecule has 0 aromatic carbocycles. The van der Waals surface area contributed by atoms with Gasteiger partial charge in [0.1, 0.15) is 23.5 Å². The highest BCUT2D eigenvalue weighted by Crippen LogP contribution is 2.27. The molecule has 1 unspecified atom stereocenters. The van der Waals surface area contributed by atoms with Gasteiger partial charge in [-0.3, -0.25) is 4.79 Å². The van der Waals surface area contributed by atoms with Crippen LogP contribution >= 0.6 is 0 Å². The molecule has 1 aromatic rings. The zero-order valence-electron chi connectivity index (χ0n) is 13.0. The summed E-state index contributed by atoms with van der Waals surface area (Å²) in [4.78, 5) is 23.0. The summed E-state index contributed by atoms with van der Waals surface area (Å²) in [5.74, 6) is 1.97. The number of likely N-dealkylation sites (N-methyl/N-ethyl adjacent to an activating group) is 1. The normalized spacial score (nSPS) is 18.9. The third-order valence-electron chi connectivity index (χ3n) is 3.64. The van der Waals surface area contributed by atoms with Crippen LogP contribution in [0, 0.1) is 6.92 Å². The molecule has 21 heavy (non-hydrogen) atoms. The molecule has 2 rings (SSSR count). The summed E-state index contributed by atoms with van der Waals surface area (Å²) in [5.41, 5.74) is 6.81. The zero-order chi connectivity index (χ0) is 15.6. The van der Waals surface area contributed by atoms with E-state index in [1.807, 2.05) is 25.7 Å². The highest BCUT2D eigenvalue weighted by Gasteiger charge is 2.31. The second kappa shape index (κ2) is 6.26. The Balaban J connectivity index is 2.44. The number of aromatic nitrogens is 2. The SMILES string of the molecule is CNC(=O)C1COCCN1c1nc(C(C)C)nc(N)c1C.